The van der Waals surface area contributed by atoms with Crippen molar-refractivity contribution < 1.29 is 23.3 Å². The van der Waals surface area contributed by atoms with Crippen LogP contribution in [0.5, 0.6) is 0 Å². The highest BCUT2D eigenvalue weighted by atomic mass is 32.2. The molecule has 1 rings (SSSR count). The summed E-state index contributed by atoms with van der Waals surface area (Å²) in [6.45, 7) is 1.38. The third-order valence-corrected chi connectivity index (χ3v) is 4.28. The topological polar surface area (TPSA) is 104 Å². The maximum Gasteiger partial charge on any atom is 0.374 e. The quantitative estimate of drug-likeness (QED) is 0.609. The second-order valence-electron chi connectivity index (χ2n) is 4.15. The smallest absolute Gasteiger partial charge is 0.374 e. The molecule has 0 saturated carbocycles. The van der Waals surface area contributed by atoms with Crippen LogP contribution in [-0.2, 0) is 14.6 Å². The van der Waals surface area contributed by atoms with Gasteiger partial charge in [0.15, 0.2) is 9.84 Å². The number of carboxylic acids is 1. The molecule has 0 heterocycles. The molecule has 0 aliphatic rings. The van der Waals surface area contributed by atoms with Crippen molar-refractivity contribution in [1.29, 1.82) is 0 Å². The second kappa shape index (κ2) is 6.69. The zero-order chi connectivity index (χ0) is 14.5. The zero-order valence-electron chi connectivity index (χ0n) is 10.5. The van der Waals surface area contributed by atoms with E-state index in [1.807, 2.05) is 0 Å². The molecule has 1 aromatic carbocycles. The number of rotatable bonds is 7. The lowest BCUT2D eigenvalue weighted by Crippen LogP contribution is -2.45. The van der Waals surface area contributed by atoms with Crippen LogP contribution in [0.4, 0.5) is 0 Å². The summed E-state index contributed by atoms with van der Waals surface area (Å²) in [4.78, 5) is 11.1. The molecule has 0 unspecified atom stereocenters. The van der Waals surface area contributed by atoms with Gasteiger partial charge >= 0.3 is 13.0 Å². The predicted molar refractivity (Wildman–Crippen MR) is 71.5 cm³/mol. The van der Waals surface area contributed by atoms with E-state index in [1.54, 1.807) is 18.2 Å². The Hall–Kier alpha value is -1.38. The first-order valence-electron chi connectivity index (χ1n) is 5.77. The minimum absolute atomic E-state index is 0.114. The Morgan fingerprint density at radius 3 is 2.42 bits per heavy atom. The number of nitrogens with one attached hydrogen (secondary N) is 1. The first kappa shape index (κ1) is 15.7. The molecule has 0 bridgehead atoms. The van der Waals surface area contributed by atoms with Gasteiger partial charge in [-0.05, 0) is 25.4 Å². The number of carbonyl (C=O) groups is 1. The van der Waals surface area contributed by atoms with E-state index in [4.69, 9.17) is 10.1 Å². The van der Waals surface area contributed by atoms with Gasteiger partial charge in [-0.1, -0.05) is 18.2 Å². The Labute approximate surface area is 112 Å². The zero-order valence-corrected chi connectivity index (χ0v) is 11.3. The van der Waals surface area contributed by atoms with Crippen molar-refractivity contribution in [1.82, 2.24) is 5.23 Å². The summed E-state index contributed by atoms with van der Waals surface area (Å²) < 4.78 is 23.9. The van der Waals surface area contributed by atoms with Crippen molar-refractivity contribution in [3.05, 3.63) is 30.3 Å². The summed E-state index contributed by atoms with van der Waals surface area (Å²) in [6, 6.07) is 6.75. The van der Waals surface area contributed by atoms with Crippen LogP contribution in [0.25, 0.3) is 0 Å². The van der Waals surface area contributed by atoms with Crippen molar-refractivity contribution in [2.75, 3.05) is 5.75 Å². The van der Waals surface area contributed by atoms with E-state index >= 15 is 0 Å². The summed E-state index contributed by atoms with van der Waals surface area (Å²) >= 11 is 0. The summed E-state index contributed by atoms with van der Waals surface area (Å²) in [7, 11) is -4.52. The lowest BCUT2D eigenvalue weighted by Gasteiger charge is -2.14. The van der Waals surface area contributed by atoms with Crippen LogP contribution in [0.2, 0.25) is 6.82 Å². The van der Waals surface area contributed by atoms with Crippen LogP contribution < -0.4 is 5.23 Å². The molecule has 3 N–H and O–H groups in total. The monoisotopic (exact) mass is 285 g/mol. The standard InChI is InChI=1S/C11H16BNO5S/c1-12(16)13-10(11(14)15)7-8-19(17,18)9-5-3-2-4-6-9/h2-6,10,13,16H,7-8H2,1H3,(H,14,15)/t10-/m0/s1. The Balaban J connectivity index is 2.71. The third-order valence-electron chi connectivity index (χ3n) is 2.52. The predicted octanol–water partition coefficient (Wildman–Crippen LogP) is 0.00350. The molecule has 0 aliphatic heterocycles. The molecule has 0 saturated heterocycles. The number of aliphatic carboxylic acids is 1. The SMILES string of the molecule is CB(O)N[C@@H](CCS(=O)(=O)c1ccccc1)C(=O)O. The minimum atomic E-state index is -3.51. The van der Waals surface area contributed by atoms with Gasteiger partial charge in [0.05, 0.1) is 16.7 Å². The molecule has 8 heteroatoms. The molecule has 0 amide bonds. The maximum atomic E-state index is 12.0. The van der Waals surface area contributed by atoms with E-state index < -0.39 is 28.9 Å². The Morgan fingerprint density at radius 1 is 1.37 bits per heavy atom. The maximum absolute atomic E-state index is 12.0. The van der Waals surface area contributed by atoms with Crippen molar-refractivity contribution in [3.8, 4) is 0 Å². The first-order chi connectivity index (χ1) is 8.83. The van der Waals surface area contributed by atoms with Gasteiger partial charge in [-0.3, -0.25) is 4.79 Å². The van der Waals surface area contributed by atoms with Crippen molar-refractivity contribution >= 4 is 22.9 Å². The highest BCUT2D eigenvalue weighted by Gasteiger charge is 2.24. The lowest BCUT2D eigenvalue weighted by molar-refractivity contribution is -0.139. The van der Waals surface area contributed by atoms with Crippen LogP contribution >= 0.6 is 0 Å². The average Bonchev–Trinajstić information content (AvgIpc) is 2.35. The van der Waals surface area contributed by atoms with Crippen molar-refractivity contribution in [2.24, 2.45) is 0 Å². The molecule has 19 heavy (non-hydrogen) atoms. The van der Waals surface area contributed by atoms with Crippen LogP contribution in [0.15, 0.2) is 35.2 Å². The van der Waals surface area contributed by atoms with Gasteiger partial charge < -0.3 is 15.4 Å². The largest absolute Gasteiger partial charge is 0.480 e. The fourth-order valence-corrected chi connectivity index (χ4v) is 2.94. The van der Waals surface area contributed by atoms with Crippen LogP contribution in [0.1, 0.15) is 6.42 Å². The number of hydrogen-bond acceptors (Lipinski definition) is 5. The number of benzene rings is 1. The number of hydrogen-bond donors (Lipinski definition) is 3. The molecule has 0 radical (unpaired) electrons. The molecule has 1 atom stereocenters. The Bertz CT molecular complexity index is 517. The highest BCUT2D eigenvalue weighted by molar-refractivity contribution is 7.91. The van der Waals surface area contributed by atoms with Gasteiger partial charge in [0.1, 0.15) is 0 Å². The van der Waals surface area contributed by atoms with Crippen molar-refractivity contribution in [3.63, 3.8) is 0 Å². The molecular formula is C11H16BNO5S. The summed E-state index contributed by atoms with van der Waals surface area (Å²) in [5.41, 5.74) is 0. The van der Waals surface area contributed by atoms with E-state index in [-0.39, 0.29) is 17.1 Å². The van der Waals surface area contributed by atoms with E-state index in [2.05, 4.69) is 5.23 Å². The Kier molecular flexibility index (Phi) is 5.52. The molecular weight excluding hydrogens is 269 g/mol. The lowest BCUT2D eigenvalue weighted by atomic mass is 9.87. The summed E-state index contributed by atoms with van der Waals surface area (Å²) in [5.74, 6) is -1.49. The van der Waals surface area contributed by atoms with Gasteiger partial charge in [0.25, 0.3) is 0 Å². The van der Waals surface area contributed by atoms with Gasteiger partial charge in [0.2, 0.25) is 0 Å². The average molecular weight is 285 g/mol. The van der Waals surface area contributed by atoms with E-state index in [1.165, 1.54) is 19.0 Å². The number of sulfone groups is 1. The van der Waals surface area contributed by atoms with E-state index in [0.717, 1.165) is 0 Å². The number of carboxylic acid groups (broad SMARTS) is 1. The van der Waals surface area contributed by atoms with Crippen LogP contribution in [0, 0.1) is 0 Å². The molecule has 0 aliphatic carbocycles. The molecule has 0 fully saturated rings. The highest BCUT2D eigenvalue weighted by Crippen LogP contribution is 2.12. The second-order valence-corrected chi connectivity index (χ2v) is 6.26. The van der Waals surface area contributed by atoms with Gasteiger partial charge in [-0.2, -0.15) is 0 Å². The molecule has 0 aromatic heterocycles. The van der Waals surface area contributed by atoms with Gasteiger partial charge in [-0.15, -0.1) is 0 Å². The van der Waals surface area contributed by atoms with Gasteiger partial charge in [-0.25, -0.2) is 8.42 Å². The molecule has 0 spiro atoms. The van der Waals surface area contributed by atoms with Crippen LogP contribution in [-0.4, -0.2) is 43.4 Å². The molecule has 104 valence electrons. The Morgan fingerprint density at radius 2 is 1.95 bits per heavy atom. The van der Waals surface area contributed by atoms with Crippen molar-refractivity contribution in [2.45, 2.75) is 24.2 Å². The fourth-order valence-electron chi connectivity index (χ4n) is 1.59. The van der Waals surface area contributed by atoms with E-state index in [9.17, 15) is 13.2 Å². The van der Waals surface area contributed by atoms with Crippen LogP contribution in [0.3, 0.4) is 0 Å². The molecule has 6 nitrogen and oxygen atoms in total. The molecule has 1 aromatic rings. The first-order valence-corrected chi connectivity index (χ1v) is 7.43. The minimum Gasteiger partial charge on any atom is -0.480 e. The van der Waals surface area contributed by atoms with E-state index in [0.29, 0.717) is 0 Å². The van der Waals surface area contributed by atoms with Gasteiger partial charge in [0, 0.05) is 0 Å². The third kappa shape index (κ3) is 5.02. The summed E-state index contributed by atoms with van der Waals surface area (Å²) in [5, 5.41) is 20.4. The normalized spacial score (nSPS) is 12.9. The summed E-state index contributed by atoms with van der Waals surface area (Å²) in [6.07, 6.45) is -0.114. The fraction of sp³-hybridized carbons (Fsp3) is 0.364.